The van der Waals surface area contributed by atoms with E-state index in [1.54, 1.807) is 4.90 Å². The molecule has 1 unspecified atom stereocenters. The number of alkyl halides is 1. The Kier molecular flexibility index (Phi) is 4.88. The van der Waals surface area contributed by atoms with Crippen LogP contribution in [-0.2, 0) is 11.2 Å². The summed E-state index contributed by atoms with van der Waals surface area (Å²) in [4.78, 5) is 18.9. The standard InChI is InChI=1S/C16H22ClN3O/c1-5-19(4)16(21)12(3)20-14-7-6-11(2)10-13(14)18-15(20)8-9-17/h6-7,10,12H,5,8-9H2,1-4H3. The fourth-order valence-electron chi connectivity index (χ4n) is 2.54. The summed E-state index contributed by atoms with van der Waals surface area (Å²) in [6.07, 6.45) is 0.655. The minimum atomic E-state index is -0.277. The van der Waals surface area contributed by atoms with E-state index in [-0.39, 0.29) is 11.9 Å². The van der Waals surface area contributed by atoms with E-state index in [9.17, 15) is 4.79 Å². The van der Waals surface area contributed by atoms with Gasteiger partial charge in [0.2, 0.25) is 5.91 Å². The van der Waals surface area contributed by atoms with Gasteiger partial charge in [-0.05, 0) is 38.5 Å². The molecule has 0 radical (unpaired) electrons. The molecule has 4 nitrogen and oxygen atoms in total. The topological polar surface area (TPSA) is 38.1 Å². The van der Waals surface area contributed by atoms with Crippen molar-refractivity contribution in [3.63, 3.8) is 0 Å². The second-order valence-electron chi connectivity index (χ2n) is 5.36. The van der Waals surface area contributed by atoms with E-state index < -0.39 is 0 Å². The van der Waals surface area contributed by atoms with Crippen LogP contribution in [0.15, 0.2) is 18.2 Å². The fourth-order valence-corrected chi connectivity index (χ4v) is 2.71. The minimum Gasteiger partial charge on any atom is -0.344 e. The predicted octanol–water partition coefficient (Wildman–Crippen LogP) is 3.17. The van der Waals surface area contributed by atoms with Gasteiger partial charge in [-0.25, -0.2) is 4.98 Å². The largest absolute Gasteiger partial charge is 0.344 e. The third-order valence-corrected chi connectivity index (χ3v) is 4.02. The van der Waals surface area contributed by atoms with Gasteiger partial charge in [0.15, 0.2) is 0 Å². The summed E-state index contributed by atoms with van der Waals surface area (Å²) in [5, 5.41) is 0. The van der Waals surface area contributed by atoms with Crippen molar-refractivity contribution < 1.29 is 4.79 Å². The Bertz CT molecular complexity index is 650. The molecule has 0 aliphatic carbocycles. The number of amides is 1. The highest BCUT2D eigenvalue weighted by Gasteiger charge is 2.23. The molecule has 0 aliphatic heterocycles. The van der Waals surface area contributed by atoms with Crippen LogP contribution in [0.25, 0.3) is 11.0 Å². The Labute approximate surface area is 130 Å². The second-order valence-corrected chi connectivity index (χ2v) is 5.74. The lowest BCUT2D eigenvalue weighted by atomic mass is 10.2. The van der Waals surface area contributed by atoms with Gasteiger partial charge in [-0.3, -0.25) is 4.79 Å². The Morgan fingerprint density at radius 1 is 1.48 bits per heavy atom. The maximum atomic E-state index is 12.5. The molecule has 1 atom stereocenters. The fraction of sp³-hybridized carbons (Fsp3) is 0.500. The molecule has 0 aliphatic rings. The first-order valence-electron chi connectivity index (χ1n) is 7.28. The van der Waals surface area contributed by atoms with Crippen molar-refractivity contribution in [2.45, 2.75) is 33.2 Å². The van der Waals surface area contributed by atoms with E-state index >= 15 is 0 Å². The number of carbonyl (C=O) groups is 1. The molecule has 114 valence electrons. The van der Waals surface area contributed by atoms with Crippen LogP contribution in [-0.4, -0.2) is 39.8 Å². The zero-order valence-corrected chi connectivity index (χ0v) is 13.8. The third-order valence-electron chi connectivity index (χ3n) is 3.83. The minimum absolute atomic E-state index is 0.0909. The molecule has 1 heterocycles. The number of rotatable bonds is 5. The summed E-state index contributed by atoms with van der Waals surface area (Å²) in [6, 6.07) is 5.85. The molecule has 0 bridgehead atoms. The van der Waals surface area contributed by atoms with E-state index in [0.29, 0.717) is 18.8 Å². The van der Waals surface area contributed by atoms with E-state index in [4.69, 9.17) is 11.6 Å². The van der Waals surface area contributed by atoms with Crippen LogP contribution in [0, 0.1) is 6.92 Å². The zero-order chi connectivity index (χ0) is 15.6. The number of imidazole rings is 1. The molecule has 0 fully saturated rings. The van der Waals surface area contributed by atoms with Gasteiger partial charge in [0.1, 0.15) is 11.9 Å². The molecular weight excluding hydrogens is 286 g/mol. The number of aryl methyl sites for hydroxylation is 2. The Morgan fingerprint density at radius 3 is 2.81 bits per heavy atom. The number of nitrogens with zero attached hydrogens (tertiary/aromatic N) is 3. The number of carbonyl (C=O) groups excluding carboxylic acids is 1. The highest BCUT2D eigenvalue weighted by Crippen LogP contribution is 2.24. The second kappa shape index (κ2) is 6.48. The normalized spacial score (nSPS) is 12.6. The first-order chi connectivity index (χ1) is 9.99. The Balaban J connectivity index is 2.54. The maximum Gasteiger partial charge on any atom is 0.245 e. The predicted molar refractivity (Wildman–Crippen MR) is 86.9 cm³/mol. The van der Waals surface area contributed by atoms with Gasteiger partial charge in [0, 0.05) is 25.9 Å². The van der Waals surface area contributed by atoms with Crippen molar-refractivity contribution in [2.24, 2.45) is 0 Å². The lowest BCUT2D eigenvalue weighted by Crippen LogP contribution is -2.33. The molecule has 0 spiro atoms. The number of fused-ring (bicyclic) bond motifs is 1. The van der Waals surface area contributed by atoms with Gasteiger partial charge in [-0.1, -0.05) is 6.07 Å². The van der Waals surface area contributed by atoms with Crippen molar-refractivity contribution in [2.75, 3.05) is 19.5 Å². The van der Waals surface area contributed by atoms with Crippen molar-refractivity contribution >= 4 is 28.5 Å². The van der Waals surface area contributed by atoms with Crippen molar-refractivity contribution in [3.8, 4) is 0 Å². The van der Waals surface area contributed by atoms with Crippen LogP contribution in [0.4, 0.5) is 0 Å². The molecule has 1 aromatic heterocycles. The Hall–Kier alpha value is -1.55. The summed E-state index contributed by atoms with van der Waals surface area (Å²) < 4.78 is 2.02. The van der Waals surface area contributed by atoms with Crippen LogP contribution in [0.3, 0.4) is 0 Å². The quantitative estimate of drug-likeness (QED) is 0.796. The van der Waals surface area contributed by atoms with E-state index in [0.717, 1.165) is 22.4 Å². The van der Waals surface area contributed by atoms with Crippen LogP contribution < -0.4 is 0 Å². The van der Waals surface area contributed by atoms with E-state index in [1.165, 1.54) is 0 Å². The first-order valence-corrected chi connectivity index (χ1v) is 7.81. The Morgan fingerprint density at radius 2 is 2.19 bits per heavy atom. The lowest BCUT2D eigenvalue weighted by Gasteiger charge is -2.22. The van der Waals surface area contributed by atoms with Gasteiger partial charge in [0.05, 0.1) is 11.0 Å². The summed E-state index contributed by atoms with van der Waals surface area (Å²) in [5.74, 6) is 1.46. The number of benzene rings is 1. The highest BCUT2D eigenvalue weighted by molar-refractivity contribution is 6.17. The van der Waals surface area contributed by atoms with E-state index in [1.807, 2.05) is 50.6 Å². The van der Waals surface area contributed by atoms with Crippen LogP contribution in [0.1, 0.15) is 31.3 Å². The molecule has 0 saturated heterocycles. The average molecular weight is 308 g/mol. The van der Waals surface area contributed by atoms with Gasteiger partial charge in [-0.2, -0.15) is 0 Å². The summed E-state index contributed by atoms with van der Waals surface area (Å²) in [5.41, 5.74) is 3.08. The highest BCUT2D eigenvalue weighted by atomic mass is 35.5. The van der Waals surface area contributed by atoms with Crippen LogP contribution in [0.2, 0.25) is 0 Å². The summed E-state index contributed by atoms with van der Waals surface area (Å²) >= 11 is 5.89. The molecule has 0 saturated carbocycles. The first kappa shape index (κ1) is 15.8. The smallest absolute Gasteiger partial charge is 0.245 e. The average Bonchev–Trinajstić information content (AvgIpc) is 2.82. The van der Waals surface area contributed by atoms with Gasteiger partial charge in [-0.15, -0.1) is 11.6 Å². The molecule has 2 rings (SSSR count). The summed E-state index contributed by atoms with van der Waals surface area (Å²) in [7, 11) is 1.82. The maximum absolute atomic E-state index is 12.5. The van der Waals surface area contributed by atoms with Crippen molar-refractivity contribution in [1.29, 1.82) is 0 Å². The molecular formula is C16H22ClN3O. The monoisotopic (exact) mass is 307 g/mol. The van der Waals surface area contributed by atoms with Crippen LogP contribution >= 0.6 is 11.6 Å². The molecule has 1 amide bonds. The lowest BCUT2D eigenvalue weighted by molar-refractivity contribution is -0.132. The molecule has 1 aromatic carbocycles. The van der Waals surface area contributed by atoms with Crippen molar-refractivity contribution in [3.05, 3.63) is 29.6 Å². The third kappa shape index (κ3) is 3.05. The molecule has 5 heteroatoms. The van der Waals surface area contributed by atoms with E-state index in [2.05, 4.69) is 4.98 Å². The SMILES string of the molecule is CCN(C)C(=O)C(C)n1c(CCCl)nc2cc(C)ccc21. The van der Waals surface area contributed by atoms with Gasteiger partial charge < -0.3 is 9.47 Å². The molecule has 0 N–H and O–H groups in total. The number of hydrogen-bond acceptors (Lipinski definition) is 2. The number of aromatic nitrogens is 2. The zero-order valence-electron chi connectivity index (χ0n) is 13.1. The molecule has 2 aromatic rings. The van der Waals surface area contributed by atoms with Gasteiger partial charge in [0.25, 0.3) is 0 Å². The van der Waals surface area contributed by atoms with Crippen LogP contribution in [0.5, 0.6) is 0 Å². The number of likely N-dealkylation sites (N-methyl/N-ethyl adjacent to an activating group) is 1. The number of halogens is 1. The molecule has 21 heavy (non-hydrogen) atoms. The van der Waals surface area contributed by atoms with Crippen molar-refractivity contribution in [1.82, 2.24) is 14.5 Å². The van der Waals surface area contributed by atoms with Gasteiger partial charge >= 0.3 is 0 Å². The number of hydrogen-bond donors (Lipinski definition) is 0. The summed E-state index contributed by atoms with van der Waals surface area (Å²) in [6.45, 7) is 6.63.